The molecule has 2 N–H and O–H groups in total. The topological polar surface area (TPSA) is 83.6 Å². The molecule has 8 heteroatoms. The summed E-state index contributed by atoms with van der Waals surface area (Å²) in [5, 5.41) is 30.0. The molecule has 0 amide bonds. The first-order valence-electron chi connectivity index (χ1n) is 9.74. The number of rotatable bonds is 13. The van der Waals surface area contributed by atoms with Crippen LogP contribution >= 0.6 is 31.9 Å². The van der Waals surface area contributed by atoms with Gasteiger partial charge >= 0.3 is 0 Å². The van der Waals surface area contributed by atoms with Crippen LogP contribution in [0.3, 0.4) is 0 Å². The van der Waals surface area contributed by atoms with E-state index in [-0.39, 0.29) is 11.5 Å². The number of ether oxygens (including phenoxy) is 2. The molecule has 30 heavy (non-hydrogen) atoms. The molecule has 0 saturated heterocycles. The molecule has 2 aromatic carbocycles. The molecule has 0 fully saturated rings. The van der Waals surface area contributed by atoms with Gasteiger partial charge in [-0.15, -0.1) is 0 Å². The summed E-state index contributed by atoms with van der Waals surface area (Å²) in [6.45, 7) is 1.21. The summed E-state index contributed by atoms with van der Waals surface area (Å²) >= 11 is 6.76. The van der Waals surface area contributed by atoms with Crippen molar-refractivity contribution in [2.75, 3.05) is 23.9 Å². The van der Waals surface area contributed by atoms with Gasteiger partial charge < -0.3 is 19.7 Å². The zero-order chi connectivity index (χ0) is 21.6. The Hall–Kier alpha value is -2.06. The van der Waals surface area contributed by atoms with E-state index >= 15 is 0 Å². The standard InChI is InChI=1S/C22H26Br2N2O4/c23-9-1-3-11-29-19-7-5-17(21(27)13-19)15-25-26-16-18-6-8-20(14-22(18)28)30-12-4-2-10-24/h5-8,13-16,27-28H,1-4,9-12H2/b25-15-,26-16-. The number of alkyl halides is 2. The summed E-state index contributed by atoms with van der Waals surface area (Å²) in [5.74, 6) is 1.36. The van der Waals surface area contributed by atoms with E-state index in [0.717, 1.165) is 36.3 Å². The lowest BCUT2D eigenvalue weighted by molar-refractivity contribution is 0.308. The van der Waals surface area contributed by atoms with Crippen LogP contribution < -0.4 is 9.47 Å². The van der Waals surface area contributed by atoms with Crippen molar-refractivity contribution >= 4 is 44.3 Å². The summed E-state index contributed by atoms with van der Waals surface area (Å²) in [6.07, 6.45) is 6.86. The predicted molar refractivity (Wildman–Crippen MR) is 128 cm³/mol. The van der Waals surface area contributed by atoms with Crippen molar-refractivity contribution in [2.24, 2.45) is 10.2 Å². The van der Waals surface area contributed by atoms with E-state index in [1.165, 1.54) is 12.4 Å². The van der Waals surface area contributed by atoms with Gasteiger partial charge in [0.2, 0.25) is 0 Å². The zero-order valence-electron chi connectivity index (χ0n) is 16.6. The van der Waals surface area contributed by atoms with Gasteiger partial charge in [0.25, 0.3) is 0 Å². The van der Waals surface area contributed by atoms with Crippen LogP contribution in [0.4, 0.5) is 0 Å². The lowest BCUT2D eigenvalue weighted by Gasteiger charge is -2.07. The molecule has 0 spiro atoms. The number of phenolic OH excluding ortho intramolecular Hbond substituents is 2. The summed E-state index contributed by atoms with van der Waals surface area (Å²) < 4.78 is 11.2. The maximum absolute atomic E-state index is 10.1. The fraction of sp³-hybridized carbons (Fsp3) is 0.364. The molecule has 2 aromatic rings. The lowest BCUT2D eigenvalue weighted by Crippen LogP contribution is -1.98. The van der Waals surface area contributed by atoms with Gasteiger partial charge in [-0.2, -0.15) is 10.2 Å². The molecule has 0 aromatic heterocycles. The van der Waals surface area contributed by atoms with Gasteiger partial charge in [0.15, 0.2) is 0 Å². The van der Waals surface area contributed by atoms with E-state index in [0.29, 0.717) is 35.8 Å². The summed E-state index contributed by atoms with van der Waals surface area (Å²) in [4.78, 5) is 0. The van der Waals surface area contributed by atoms with Crippen LogP contribution in [-0.4, -0.2) is 46.5 Å². The number of halogens is 2. The second-order valence-corrected chi connectivity index (χ2v) is 8.01. The number of benzene rings is 2. The Bertz CT molecular complexity index is 774. The molecule has 0 bridgehead atoms. The fourth-order valence-corrected chi connectivity index (χ4v) is 3.20. The van der Waals surface area contributed by atoms with Crippen LogP contribution in [0.2, 0.25) is 0 Å². The van der Waals surface area contributed by atoms with Crippen molar-refractivity contribution in [2.45, 2.75) is 25.7 Å². The predicted octanol–water partition coefficient (Wildman–Crippen LogP) is 5.66. The van der Waals surface area contributed by atoms with Gasteiger partial charge in [0.1, 0.15) is 23.0 Å². The molecular formula is C22H26Br2N2O4. The first-order chi connectivity index (χ1) is 14.6. The zero-order valence-corrected chi connectivity index (χ0v) is 19.8. The third-order valence-corrected chi connectivity index (χ3v) is 5.18. The van der Waals surface area contributed by atoms with Crippen LogP contribution in [0.1, 0.15) is 36.8 Å². The van der Waals surface area contributed by atoms with Crippen LogP contribution in [0, 0.1) is 0 Å². The Morgan fingerprint density at radius 2 is 1.13 bits per heavy atom. The van der Waals surface area contributed by atoms with Crippen molar-refractivity contribution in [1.82, 2.24) is 0 Å². The number of phenols is 2. The Kier molecular flexibility index (Phi) is 11.3. The molecule has 0 heterocycles. The Morgan fingerprint density at radius 3 is 1.50 bits per heavy atom. The molecule has 0 aliphatic carbocycles. The van der Waals surface area contributed by atoms with Gasteiger partial charge in [-0.1, -0.05) is 31.9 Å². The minimum Gasteiger partial charge on any atom is -0.507 e. The van der Waals surface area contributed by atoms with E-state index in [1.54, 1.807) is 36.4 Å². The third-order valence-electron chi connectivity index (χ3n) is 4.06. The Labute approximate surface area is 193 Å². The minimum atomic E-state index is 0.0659. The van der Waals surface area contributed by atoms with E-state index in [1.807, 2.05) is 0 Å². The highest BCUT2D eigenvalue weighted by Crippen LogP contribution is 2.24. The molecule has 162 valence electrons. The van der Waals surface area contributed by atoms with E-state index < -0.39 is 0 Å². The van der Waals surface area contributed by atoms with Gasteiger partial charge in [-0.3, -0.25) is 0 Å². The van der Waals surface area contributed by atoms with Gasteiger partial charge in [-0.05, 0) is 49.9 Å². The highest BCUT2D eigenvalue weighted by atomic mass is 79.9. The first-order valence-corrected chi connectivity index (χ1v) is 12.0. The molecule has 0 unspecified atom stereocenters. The van der Waals surface area contributed by atoms with Gasteiger partial charge in [-0.25, -0.2) is 0 Å². The highest BCUT2D eigenvalue weighted by Gasteiger charge is 2.03. The van der Waals surface area contributed by atoms with Crippen LogP contribution in [0.5, 0.6) is 23.0 Å². The summed E-state index contributed by atoms with van der Waals surface area (Å²) in [5.41, 5.74) is 1.05. The lowest BCUT2D eigenvalue weighted by atomic mass is 10.2. The van der Waals surface area contributed by atoms with Crippen molar-refractivity contribution in [3.63, 3.8) is 0 Å². The van der Waals surface area contributed by atoms with Crippen LogP contribution in [0.25, 0.3) is 0 Å². The van der Waals surface area contributed by atoms with Gasteiger partial charge in [0.05, 0.1) is 25.6 Å². The Morgan fingerprint density at radius 1 is 0.700 bits per heavy atom. The molecule has 0 saturated carbocycles. The first kappa shape index (κ1) is 24.2. The van der Waals surface area contributed by atoms with Crippen molar-refractivity contribution in [3.05, 3.63) is 47.5 Å². The molecule has 0 aliphatic rings. The monoisotopic (exact) mass is 540 g/mol. The van der Waals surface area contributed by atoms with Crippen molar-refractivity contribution in [1.29, 1.82) is 0 Å². The summed E-state index contributed by atoms with van der Waals surface area (Å²) in [7, 11) is 0. The largest absolute Gasteiger partial charge is 0.507 e. The minimum absolute atomic E-state index is 0.0659. The quantitative estimate of drug-likeness (QED) is 0.148. The fourth-order valence-electron chi connectivity index (χ4n) is 2.41. The highest BCUT2D eigenvalue weighted by molar-refractivity contribution is 9.09. The maximum atomic E-state index is 10.1. The third kappa shape index (κ3) is 8.75. The number of hydrogen-bond donors (Lipinski definition) is 2. The Balaban J connectivity index is 1.88. The molecule has 0 aliphatic heterocycles. The molecular weight excluding hydrogens is 516 g/mol. The van der Waals surface area contributed by atoms with Crippen LogP contribution in [0.15, 0.2) is 46.6 Å². The maximum Gasteiger partial charge on any atom is 0.128 e. The van der Waals surface area contributed by atoms with E-state index in [2.05, 4.69) is 42.1 Å². The van der Waals surface area contributed by atoms with Crippen molar-refractivity contribution in [3.8, 4) is 23.0 Å². The number of aromatic hydroxyl groups is 2. The second kappa shape index (κ2) is 14.0. The van der Waals surface area contributed by atoms with Gasteiger partial charge in [0, 0.05) is 33.9 Å². The normalized spacial score (nSPS) is 11.4. The number of unbranched alkanes of at least 4 members (excludes halogenated alkanes) is 2. The average Bonchev–Trinajstić information content (AvgIpc) is 2.74. The molecule has 0 radical (unpaired) electrons. The van der Waals surface area contributed by atoms with Crippen molar-refractivity contribution < 1.29 is 19.7 Å². The van der Waals surface area contributed by atoms with Crippen LogP contribution in [-0.2, 0) is 0 Å². The molecule has 2 rings (SSSR count). The van der Waals surface area contributed by atoms with E-state index in [9.17, 15) is 10.2 Å². The SMILES string of the molecule is Oc1cc(OCCCCBr)ccc1/C=N\N=C/c1ccc(OCCCCBr)cc1O. The number of hydrogen-bond acceptors (Lipinski definition) is 6. The second-order valence-electron chi connectivity index (χ2n) is 6.42. The summed E-state index contributed by atoms with van der Waals surface area (Å²) in [6, 6.07) is 10.1. The number of nitrogens with zero attached hydrogens (tertiary/aromatic N) is 2. The smallest absolute Gasteiger partial charge is 0.128 e. The molecule has 0 atom stereocenters. The van der Waals surface area contributed by atoms with E-state index in [4.69, 9.17) is 9.47 Å². The average molecular weight is 542 g/mol. The molecule has 6 nitrogen and oxygen atoms in total.